The largest absolute Gasteiger partial charge is 0.461 e. The number of hydrogen-bond donors (Lipinski definition) is 1. The third-order valence-electron chi connectivity index (χ3n) is 8.28. The van der Waals surface area contributed by atoms with Crippen LogP contribution in [0.5, 0.6) is 0 Å². The zero-order chi connectivity index (χ0) is 26.4. The van der Waals surface area contributed by atoms with Crippen LogP contribution in [0.4, 0.5) is 5.69 Å². The summed E-state index contributed by atoms with van der Waals surface area (Å²) in [6.07, 6.45) is 11.1. The minimum Gasteiger partial charge on any atom is -0.461 e. The van der Waals surface area contributed by atoms with E-state index in [1.165, 1.54) is 0 Å². The van der Waals surface area contributed by atoms with Crippen molar-refractivity contribution in [3.8, 4) is 0 Å². The number of esters is 1. The summed E-state index contributed by atoms with van der Waals surface area (Å²) in [7, 11) is 0. The fraction of sp³-hybridized carbons (Fsp3) is 0.552. The lowest BCUT2D eigenvalue weighted by Gasteiger charge is -2.37. The highest BCUT2D eigenvalue weighted by Gasteiger charge is 2.74. The normalized spacial score (nSPS) is 32.6. The first-order valence-corrected chi connectivity index (χ1v) is 14.1. The molecule has 1 aromatic carbocycles. The van der Waals surface area contributed by atoms with Gasteiger partial charge in [0, 0.05) is 30.1 Å². The maximum absolute atomic E-state index is 14.5. The molecule has 8 heteroatoms. The number of aryl methyl sites for hydroxylation is 2. The number of unbranched alkanes of at least 4 members (excludes halogenated alkanes) is 3. The van der Waals surface area contributed by atoms with Gasteiger partial charge in [-0.15, -0.1) is 11.8 Å². The van der Waals surface area contributed by atoms with Gasteiger partial charge in [0.1, 0.15) is 12.6 Å². The molecule has 2 amide bonds. The van der Waals surface area contributed by atoms with Gasteiger partial charge in [0.05, 0.1) is 16.6 Å². The average molecular weight is 525 g/mol. The number of nitrogens with zero attached hydrogens (tertiary/aromatic N) is 2. The van der Waals surface area contributed by atoms with Crippen LogP contribution in [-0.2, 0) is 19.1 Å². The van der Waals surface area contributed by atoms with Crippen LogP contribution < -0.4 is 4.90 Å². The fourth-order valence-corrected chi connectivity index (χ4v) is 8.72. The Kier molecular flexibility index (Phi) is 7.00. The Hall–Kier alpha value is -2.58. The molecular formula is C29H36N2O5S. The van der Waals surface area contributed by atoms with E-state index in [2.05, 4.69) is 0 Å². The van der Waals surface area contributed by atoms with Crippen LogP contribution in [-0.4, -0.2) is 69.6 Å². The van der Waals surface area contributed by atoms with Crippen LogP contribution in [0.15, 0.2) is 42.5 Å². The topological polar surface area (TPSA) is 87.2 Å². The first-order valence-electron chi connectivity index (χ1n) is 13.3. The molecule has 7 nitrogen and oxygen atoms in total. The van der Waals surface area contributed by atoms with Gasteiger partial charge in [-0.25, -0.2) is 0 Å². The van der Waals surface area contributed by atoms with Crippen molar-refractivity contribution in [2.45, 2.75) is 62.0 Å². The van der Waals surface area contributed by atoms with Crippen molar-refractivity contribution in [3.63, 3.8) is 0 Å². The average Bonchev–Trinajstić information content (AvgIpc) is 3.11. The number of anilines is 1. The number of thioether (sulfide) groups is 1. The van der Waals surface area contributed by atoms with E-state index in [0.29, 0.717) is 13.1 Å². The lowest BCUT2D eigenvalue weighted by Crippen LogP contribution is -2.53. The maximum atomic E-state index is 14.5. The van der Waals surface area contributed by atoms with Gasteiger partial charge >= 0.3 is 5.97 Å². The molecule has 0 saturated carbocycles. The summed E-state index contributed by atoms with van der Waals surface area (Å²) < 4.78 is 4.00. The molecule has 4 heterocycles. The van der Waals surface area contributed by atoms with E-state index in [1.807, 2.05) is 63.3 Å². The van der Waals surface area contributed by atoms with Crippen molar-refractivity contribution < 1.29 is 24.2 Å². The summed E-state index contributed by atoms with van der Waals surface area (Å²) in [5.74, 6) is -1.93. The number of aliphatic hydroxyl groups excluding tert-OH is 1. The minimum atomic E-state index is -0.855. The van der Waals surface area contributed by atoms with E-state index in [0.717, 1.165) is 42.5 Å². The molecule has 37 heavy (non-hydrogen) atoms. The Labute approximate surface area is 222 Å². The van der Waals surface area contributed by atoms with Crippen molar-refractivity contribution >= 4 is 35.2 Å². The highest BCUT2D eigenvalue weighted by Crippen LogP contribution is 2.65. The van der Waals surface area contributed by atoms with Crippen LogP contribution in [0.2, 0.25) is 0 Å². The van der Waals surface area contributed by atoms with E-state index < -0.39 is 27.4 Å². The number of ether oxygens (including phenoxy) is 1. The second kappa shape index (κ2) is 9.95. The van der Waals surface area contributed by atoms with Crippen molar-refractivity contribution in [2.75, 3.05) is 31.2 Å². The Morgan fingerprint density at radius 2 is 1.81 bits per heavy atom. The number of hydrogen-bond acceptors (Lipinski definition) is 6. The minimum absolute atomic E-state index is 0.102. The van der Waals surface area contributed by atoms with E-state index in [4.69, 9.17) is 9.84 Å². The van der Waals surface area contributed by atoms with Gasteiger partial charge in [0.25, 0.3) is 5.91 Å². The summed E-state index contributed by atoms with van der Waals surface area (Å²) in [5, 5.41) is 9.13. The quantitative estimate of drug-likeness (QED) is 0.334. The van der Waals surface area contributed by atoms with E-state index in [1.54, 1.807) is 21.6 Å². The highest BCUT2D eigenvalue weighted by molar-refractivity contribution is 8.02. The number of cyclic esters (lactones) is 1. The van der Waals surface area contributed by atoms with Crippen LogP contribution in [0.25, 0.3) is 0 Å². The van der Waals surface area contributed by atoms with E-state index >= 15 is 0 Å². The molecule has 4 aliphatic heterocycles. The van der Waals surface area contributed by atoms with Gasteiger partial charge < -0.3 is 19.6 Å². The second-order valence-corrected chi connectivity index (χ2v) is 12.6. The molecule has 1 aromatic rings. The van der Waals surface area contributed by atoms with Gasteiger partial charge in [-0.3, -0.25) is 14.4 Å². The fourth-order valence-electron chi connectivity index (χ4n) is 6.57. The number of benzene rings is 1. The molecule has 5 rings (SSSR count). The molecule has 0 aromatic heterocycles. The number of amides is 2. The number of likely N-dealkylation sites (tertiary alicyclic amines) is 1. The molecule has 2 saturated heterocycles. The molecular weight excluding hydrogens is 488 g/mol. The molecule has 0 aliphatic carbocycles. The Morgan fingerprint density at radius 1 is 1.03 bits per heavy atom. The first-order chi connectivity index (χ1) is 17.7. The monoisotopic (exact) mass is 524 g/mol. The van der Waals surface area contributed by atoms with Gasteiger partial charge in [0.2, 0.25) is 5.91 Å². The Balaban J connectivity index is 1.58. The predicted molar refractivity (Wildman–Crippen MR) is 144 cm³/mol. The molecule has 4 aliphatic rings. The van der Waals surface area contributed by atoms with Crippen LogP contribution in [0.3, 0.4) is 0 Å². The summed E-state index contributed by atoms with van der Waals surface area (Å²) in [5.41, 5.74) is 2.92. The van der Waals surface area contributed by atoms with Crippen LogP contribution in [0, 0.1) is 25.7 Å². The van der Waals surface area contributed by atoms with Crippen LogP contribution in [0.1, 0.15) is 43.7 Å². The van der Waals surface area contributed by atoms with Gasteiger partial charge in [0.15, 0.2) is 0 Å². The summed E-state index contributed by atoms with van der Waals surface area (Å²) in [6, 6.07) is 5.37. The number of carbonyl (C=O) groups excluding carboxylic acids is 3. The molecule has 5 atom stereocenters. The lowest BCUT2D eigenvalue weighted by atomic mass is 9.75. The smallest absolute Gasteiger partial charge is 0.311 e. The lowest BCUT2D eigenvalue weighted by molar-refractivity contribution is -0.152. The molecule has 1 N–H and O–H groups in total. The standard InChI is InChI=1S/C29H36N2O5S/c1-19-10-11-20(2)21(18-19)30-15-8-13-29-22(23-27(35)36-17-9-12-28(23,3)37-29)25(33)31(24(29)26(30)34)14-6-4-5-7-16-32/h8-13,18,22-24,32H,4-7,14-17H2,1-3H3/t22-,23-,24?,28+,29-/m0/s1. The Bertz CT molecular complexity index is 1160. The molecule has 0 bridgehead atoms. The van der Waals surface area contributed by atoms with E-state index in [-0.39, 0.29) is 31.0 Å². The number of fused-ring (bicyclic) bond motifs is 2. The third-order valence-corrected chi connectivity index (χ3v) is 10.1. The van der Waals surface area contributed by atoms with Crippen molar-refractivity contribution in [2.24, 2.45) is 11.8 Å². The van der Waals surface area contributed by atoms with Crippen molar-refractivity contribution in [3.05, 3.63) is 53.6 Å². The summed E-state index contributed by atoms with van der Waals surface area (Å²) >= 11 is 1.57. The molecule has 198 valence electrons. The van der Waals surface area contributed by atoms with Gasteiger partial charge in [-0.05, 0) is 56.9 Å². The van der Waals surface area contributed by atoms with E-state index in [9.17, 15) is 14.4 Å². The van der Waals surface area contributed by atoms with Gasteiger partial charge in [-0.2, -0.15) is 0 Å². The SMILES string of the molecule is Cc1ccc(C)c(N2CC=C[C@]34S[C@]5(C)C=CCOC(=O)[C@@H]5[C@H]3C(=O)N(CCCCCCO)C4C2=O)c1. The molecule has 1 spiro atoms. The highest BCUT2D eigenvalue weighted by atomic mass is 32.2. The Morgan fingerprint density at radius 3 is 2.59 bits per heavy atom. The number of carbonyl (C=O) groups is 3. The number of aliphatic hydroxyl groups is 1. The van der Waals surface area contributed by atoms with Crippen molar-refractivity contribution in [1.29, 1.82) is 0 Å². The third kappa shape index (κ3) is 4.22. The zero-order valence-corrected chi connectivity index (χ0v) is 22.6. The maximum Gasteiger partial charge on any atom is 0.311 e. The van der Waals surface area contributed by atoms with Crippen LogP contribution >= 0.6 is 11.8 Å². The molecule has 1 unspecified atom stereocenters. The number of rotatable bonds is 7. The van der Waals surface area contributed by atoms with Crippen molar-refractivity contribution in [1.82, 2.24) is 4.90 Å². The van der Waals surface area contributed by atoms with Gasteiger partial charge in [-0.1, -0.05) is 43.2 Å². The second-order valence-electron chi connectivity index (χ2n) is 10.8. The molecule has 0 radical (unpaired) electrons. The first kappa shape index (κ1) is 26.0. The predicted octanol–water partition coefficient (Wildman–Crippen LogP) is 3.56. The summed E-state index contributed by atoms with van der Waals surface area (Å²) in [4.78, 5) is 45.5. The summed E-state index contributed by atoms with van der Waals surface area (Å²) in [6.45, 7) is 7.21. The molecule has 2 fully saturated rings. The zero-order valence-electron chi connectivity index (χ0n) is 21.8.